The molecule has 17 heavy (non-hydrogen) atoms. The molecule has 4 nitrogen and oxygen atoms in total. The molecule has 0 spiro atoms. The van der Waals surface area contributed by atoms with Gasteiger partial charge in [-0.2, -0.15) is 0 Å². The monoisotopic (exact) mass is 235 g/mol. The van der Waals surface area contributed by atoms with E-state index in [1.165, 1.54) is 25.8 Å². The molecule has 0 bridgehead atoms. The van der Waals surface area contributed by atoms with Crippen molar-refractivity contribution in [1.29, 1.82) is 0 Å². The summed E-state index contributed by atoms with van der Waals surface area (Å²) in [6.45, 7) is 3.11. The van der Waals surface area contributed by atoms with Gasteiger partial charge in [0, 0.05) is 18.6 Å². The standard InChI is InChI=1S/C13H21N3O/c1-2-7-14-10-13(17)15-11-6-9-16-8-4-3-5-12(11)16/h1,11-12,14H,3-10H2,(H,15,17). The van der Waals surface area contributed by atoms with Crippen LogP contribution in [0.4, 0.5) is 0 Å². The van der Waals surface area contributed by atoms with Gasteiger partial charge in [-0.15, -0.1) is 6.42 Å². The second-order valence-electron chi connectivity index (χ2n) is 4.87. The van der Waals surface area contributed by atoms with Crippen molar-refractivity contribution in [2.45, 2.75) is 37.8 Å². The van der Waals surface area contributed by atoms with E-state index >= 15 is 0 Å². The number of amides is 1. The normalized spacial score (nSPS) is 28.4. The van der Waals surface area contributed by atoms with Crippen molar-refractivity contribution in [2.75, 3.05) is 26.2 Å². The highest BCUT2D eigenvalue weighted by Gasteiger charge is 2.35. The summed E-state index contributed by atoms with van der Waals surface area (Å²) >= 11 is 0. The summed E-state index contributed by atoms with van der Waals surface area (Å²) in [6, 6.07) is 0.913. The highest BCUT2D eigenvalue weighted by Crippen LogP contribution is 2.26. The summed E-state index contributed by atoms with van der Waals surface area (Å²) in [5.41, 5.74) is 0. The van der Waals surface area contributed by atoms with Gasteiger partial charge in [0.2, 0.25) is 5.91 Å². The third-order valence-corrected chi connectivity index (χ3v) is 3.72. The van der Waals surface area contributed by atoms with Crippen LogP contribution in [-0.2, 0) is 4.79 Å². The third-order valence-electron chi connectivity index (χ3n) is 3.72. The largest absolute Gasteiger partial charge is 0.351 e. The van der Waals surface area contributed by atoms with E-state index in [1.54, 1.807) is 0 Å². The maximum atomic E-state index is 11.7. The minimum atomic E-state index is 0.0673. The van der Waals surface area contributed by atoms with Crippen molar-refractivity contribution in [3.05, 3.63) is 0 Å². The van der Waals surface area contributed by atoms with E-state index in [9.17, 15) is 4.79 Å². The number of nitrogens with zero attached hydrogens (tertiary/aromatic N) is 1. The maximum absolute atomic E-state index is 11.7. The zero-order valence-corrected chi connectivity index (χ0v) is 10.2. The summed E-state index contributed by atoms with van der Waals surface area (Å²) in [4.78, 5) is 14.2. The molecule has 0 radical (unpaired) electrons. The molecule has 0 aliphatic carbocycles. The Hall–Kier alpha value is -1.05. The minimum Gasteiger partial charge on any atom is -0.351 e. The van der Waals surface area contributed by atoms with Crippen LogP contribution in [0.3, 0.4) is 0 Å². The fourth-order valence-corrected chi connectivity index (χ4v) is 2.92. The number of fused-ring (bicyclic) bond motifs is 1. The van der Waals surface area contributed by atoms with Gasteiger partial charge in [0.15, 0.2) is 0 Å². The molecular weight excluding hydrogens is 214 g/mol. The van der Waals surface area contributed by atoms with Gasteiger partial charge >= 0.3 is 0 Å². The number of hydrogen-bond donors (Lipinski definition) is 2. The molecular formula is C13H21N3O. The van der Waals surface area contributed by atoms with Crippen molar-refractivity contribution in [2.24, 2.45) is 0 Å². The fourth-order valence-electron chi connectivity index (χ4n) is 2.92. The molecule has 2 atom stereocenters. The van der Waals surface area contributed by atoms with Crippen molar-refractivity contribution in [1.82, 2.24) is 15.5 Å². The number of carbonyl (C=O) groups excluding carboxylic acids is 1. The van der Waals surface area contributed by atoms with E-state index < -0.39 is 0 Å². The van der Waals surface area contributed by atoms with Gasteiger partial charge in [0.25, 0.3) is 0 Å². The maximum Gasteiger partial charge on any atom is 0.234 e. The Morgan fingerprint density at radius 1 is 1.35 bits per heavy atom. The average Bonchev–Trinajstić information content (AvgIpc) is 2.73. The summed E-state index contributed by atoms with van der Waals surface area (Å²) < 4.78 is 0. The SMILES string of the molecule is C#CCNCC(=O)NC1CCN2CCCCC12. The predicted octanol–water partition coefficient (Wildman–Crippen LogP) is -0.0478. The first-order valence-electron chi connectivity index (χ1n) is 6.49. The fraction of sp³-hybridized carbons (Fsp3) is 0.769. The van der Waals surface area contributed by atoms with Crippen LogP contribution in [0.25, 0.3) is 0 Å². The molecule has 94 valence electrons. The first-order valence-corrected chi connectivity index (χ1v) is 6.49. The van der Waals surface area contributed by atoms with Crippen LogP contribution >= 0.6 is 0 Å². The van der Waals surface area contributed by atoms with E-state index in [4.69, 9.17) is 6.42 Å². The van der Waals surface area contributed by atoms with Crippen molar-refractivity contribution < 1.29 is 4.79 Å². The zero-order valence-electron chi connectivity index (χ0n) is 10.2. The first-order chi connectivity index (χ1) is 8.31. The smallest absolute Gasteiger partial charge is 0.234 e. The highest BCUT2D eigenvalue weighted by atomic mass is 16.2. The molecule has 2 saturated heterocycles. The lowest BCUT2D eigenvalue weighted by molar-refractivity contribution is -0.121. The highest BCUT2D eigenvalue weighted by molar-refractivity contribution is 5.78. The lowest BCUT2D eigenvalue weighted by atomic mass is 9.99. The molecule has 2 aliphatic heterocycles. The second kappa shape index (κ2) is 6.04. The molecule has 1 amide bonds. The molecule has 2 fully saturated rings. The van der Waals surface area contributed by atoms with Crippen molar-refractivity contribution in [3.8, 4) is 12.3 Å². The molecule has 2 N–H and O–H groups in total. The molecule has 2 unspecified atom stereocenters. The van der Waals surface area contributed by atoms with Crippen LogP contribution in [0, 0.1) is 12.3 Å². The molecule has 2 rings (SSSR count). The summed E-state index contributed by atoms with van der Waals surface area (Å²) in [7, 11) is 0. The van der Waals surface area contributed by atoms with Crippen molar-refractivity contribution in [3.63, 3.8) is 0 Å². The lowest BCUT2D eigenvalue weighted by Crippen LogP contribution is -2.48. The average molecular weight is 235 g/mol. The Labute approximate surface area is 103 Å². The van der Waals surface area contributed by atoms with Gasteiger partial charge in [-0.05, 0) is 25.8 Å². The van der Waals surface area contributed by atoms with Crippen LogP contribution in [0.1, 0.15) is 25.7 Å². The number of piperidine rings is 1. The number of nitrogens with one attached hydrogen (secondary N) is 2. The summed E-state index contributed by atoms with van der Waals surface area (Å²) in [6.07, 6.45) is 10.0. The molecule has 2 aliphatic rings. The van der Waals surface area contributed by atoms with Gasteiger partial charge in [0.05, 0.1) is 13.1 Å². The van der Waals surface area contributed by atoms with Crippen LogP contribution in [-0.4, -0.2) is 49.1 Å². The Morgan fingerprint density at radius 2 is 2.24 bits per heavy atom. The van der Waals surface area contributed by atoms with E-state index in [1.807, 2.05) is 0 Å². The van der Waals surface area contributed by atoms with Crippen LogP contribution in [0.2, 0.25) is 0 Å². The van der Waals surface area contributed by atoms with Crippen LogP contribution in [0.5, 0.6) is 0 Å². The number of carbonyl (C=O) groups is 1. The Bertz CT molecular complexity index is 310. The predicted molar refractivity (Wildman–Crippen MR) is 67.5 cm³/mol. The zero-order chi connectivity index (χ0) is 12.1. The van der Waals surface area contributed by atoms with Gasteiger partial charge in [-0.3, -0.25) is 15.0 Å². The molecule has 0 saturated carbocycles. The van der Waals surface area contributed by atoms with E-state index in [2.05, 4.69) is 21.5 Å². The van der Waals surface area contributed by atoms with Crippen molar-refractivity contribution >= 4 is 5.91 Å². The van der Waals surface area contributed by atoms with Crippen LogP contribution < -0.4 is 10.6 Å². The topological polar surface area (TPSA) is 44.4 Å². The minimum absolute atomic E-state index is 0.0673. The molecule has 4 heteroatoms. The second-order valence-corrected chi connectivity index (χ2v) is 4.87. The molecule has 2 heterocycles. The van der Waals surface area contributed by atoms with Gasteiger partial charge in [0.1, 0.15) is 0 Å². The van der Waals surface area contributed by atoms with E-state index in [0.717, 1.165) is 13.0 Å². The van der Waals surface area contributed by atoms with Gasteiger partial charge in [-0.1, -0.05) is 12.3 Å². The quantitative estimate of drug-likeness (QED) is 0.530. The molecule has 0 aromatic rings. The molecule has 0 aromatic carbocycles. The Balaban J connectivity index is 1.75. The van der Waals surface area contributed by atoms with Gasteiger partial charge in [-0.25, -0.2) is 0 Å². The van der Waals surface area contributed by atoms with E-state index in [-0.39, 0.29) is 5.91 Å². The Kier molecular flexibility index (Phi) is 4.41. The Morgan fingerprint density at radius 3 is 3.06 bits per heavy atom. The number of rotatable bonds is 4. The first kappa shape index (κ1) is 12.4. The molecule has 0 aromatic heterocycles. The lowest BCUT2D eigenvalue weighted by Gasteiger charge is -2.32. The third kappa shape index (κ3) is 3.21. The summed E-state index contributed by atoms with van der Waals surface area (Å²) in [5.74, 6) is 2.53. The number of terminal acetylenes is 1. The van der Waals surface area contributed by atoms with Crippen LogP contribution in [0.15, 0.2) is 0 Å². The number of hydrogen-bond acceptors (Lipinski definition) is 3. The summed E-state index contributed by atoms with van der Waals surface area (Å²) in [5, 5.41) is 6.04. The van der Waals surface area contributed by atoms with Gasteiger partial charge < -0.3 is 5.32 Å². The van der Waals surface area contributed by atoms with E-state index in [0.29, 0.717) is 25.2 Å².